The van der Waals surface area contributed by atoms with E-state index in [1.165, 1.54) is 4.90 Å². The molecule has 0 radical (unpaired) electrons. The van der Waals surface area contributed by atoms with E-state index in [0.717, 1.165) is 11.1 Å². The van der Waals surface area contributed by atoms with Crippen molar-refractivity contribution in [2.45, 2.75) is 52.7 Å². The van der Waals surface area contributed by atoms with Gasteiger partial charge in [0.15, 0.2) is 6.61 Å². The molecule has 1 aromatic rings. The summed E-state index contributed by atoms with van der Waals surface area (Å²) in [5.41, 5.74) is 1.96. The first kappa shape index (κ1) is 20.7. The standard InChI is InChI=1S/C20H28N2O5/c1-5-15(4)27-19(24)11-16-20(25)21-8-9-22(16)18(23)12-26-17-10-13(2)6-7-14(17)3/h6-7,10,15-16H,5,8-9,11-12H2,1-4H3,(H,21,25). The van der Waals surface area contributed by atoms with Gasteiger partial charge >= 0.3 is 5.97 Å². The number of ether oxygens (including phenoxy) is 2. The van der Waals surface area contributed by atoms with Gasteiger partial charge in [0.25, 0.3) is 5.91 Å². The predicted molar refractivity (Wildman–Crippen MR) is 100 cm³/mol. The highest BCUT2D eigenvalue weighted by Crippen LogP contribution is 2.19. The summed E-state index contributed by atoms with van der Waals surface area (Å²) in [6, 6.07) is 4.90. The van der Waals surface area contributed by atoms with E-state index in [-0.39, 0.29) is 30.9 Å². The van der Waals surface area contributed by atoms with Crippen LogP contribution in [0.5, 0.6) is 5.75 Å². The number of nitrogens with zero attached hydrogens (tertiary/aromatic N) is 1. The van der Waals surface area contributed by atoms with Crippen LogP contribution >= 0.6 is 0 Å². The maximum absolute atomic E-state index is 12.7. The van der Waals surface area contributed by atoms with Crippen LogP contribution in [-0.2, 0) is 19.1 Å². The number of hydrogen-bond donors (Lipinski definition) is 1. The van der Waals surface area contributed by atoms with Gasteiger partial charge in [0, 0.05) is 13.1 Å². The Morgan fingerprint density at radius 2 is 2.07 bits per heavy atom. The normalized spacial score (nSPS) is 17.9. The number of aryl methyl sites for hydroxylation is 2. The van der Waals surface area contributed by atoms with Crippen LogP contribution in [-0.4, -0.2) is 54.5 Å². The van der Waals surface area contributed by atoms with E-state index in [1.54, 1.807) is 6.92 Å². The molecule has 0 aromatic heterocycles. The summed E-state index contributed by atoms with van der Waals surface area (Å²) in [4.78, 5) is 38.4. The Bertz CT molecular complexity index is 704. The van der Waals surface area contributed by atoms with Crippen molar-refractivity contribution in [3.8, 4) is 5.75 Å². The zero-order valence-corrected chi connectivity index (χ0v) is 16.4. The number of carbonyl (C=O) groups is 3. The molecule has 7 nitrogen and oxygen atoms in total. The first-order valence-electron chi connectivity index (χ1n) is 9.28. The molecule has 148 valence electrons. The average molecular weight is 376 g/mol. The Balaban J connectivity index is 2.01. The van der Waals surface area contributed by atoms with Gasteiger partial charge in [-0.25, -0.2) is 0 Å². The molecule has 2 rings (SSSR count). The van der Waals surface area contributed by atoms with Crippen LogP contribution in [0, 0.1) is 13.8 Å². The molecular formula is C20H28N2O5. The van der Waals surface area contributed by atoms with Crippen molar-refractivity contribution in [3.05, 3.63) is 29.3 Å². The number of esters is 1. The third kappa shape index (κ3) is 5.70. The molecule has 0 spiro atoms. The van der Waals surface area contributed by atoms with Crippen LogP contribution in [0.3, 0.4) is 0 Å². The monoisotopic (exact) mass is 376 g/mol. The summed E-state index contributed by atoms with van der Waals surface area (Å²) < 4.78 is 10.9. The Kier molecular flexibility index (Phi) is 7.21. The number of benzene rings is 1. The highest BCUT2D eigenvalue weighted by Gasteiger charge is 2.35. The maximum Gasteiger partial charge on any atom is 0.308 e. The molecule has 2 amide bonds. The number of amides is 2. The zero-order valence-electron chi connectivity index (χ0n) is 16.4. The van der Waals surface area contributed by atoms with E-state index in [2.05, 4.69) is 5.32 Å². The van der Waals surface area contributed by atoms with Crippen molar-refractivity contribution in [3.63, 3.8) is 0 Å². The highest BCUT2D eigenvalue weighted by atomic mass is 16.5. The molecule has 7 heteroatoms. The third-order valence-electron chi connectivity index (χ3n) is 4.61. The molecule has 2 atom stereocenters. The molecule has 1 heterocycles. The third-order valence-corrected chi connectivity index (χ3v) is 4.61. The second-order valence-electron chi connectivity index (χ2n) is 6.86. The molecule has 1 aliphatic rings. The molecule has 0 bridgehead atoms. The van der Waals surface area contributed by atoms with Crippen molar-refractivity contribution < 1.29 is 23.9 Å². The van der Waals surface area contributed by atoms with E-state index < -0.39 is 12.0 Å². The molecule has 1 aromatic carbocycles. The van der Waals surface area contributed by atoms with E-state index in [9.17, 15) is 14.4 Å². The molecule has 1 saturated heterocycles. The fourth-order valence-electron chi connectivity index (χ4n) is 2.82. The summed E-state index contributed by atoms with van der Waals surface area (Å²) in [6.07, 6.45) is 0.307. The molecule has 0 saturated carbocycles. The van der Waals surface area contributed by atoms with Gasteiger partial charge in [-0.05, 0) is 44.4 Å². The highest BCUT2D eigenvalue weighted by molar-refractivity contribution is 5.92. The minimum Gasteiger partial charge on any atom is -0.483 e. The minimum absolute atomic E-state index is 0.161. The van der Waals surface area contributed by atoms with E-state index in [0.29, 0.717) is 25.3 Å². The fourth-order valence-corrected chi connectivity index (χ4v) is 2.82. The van der Waals surface area contributed by atoms with Crippen molar-refractivity contribution in [2.24, 2.45) is 0 Å². The topological polar surface area (TPSA) is 84.9 Å². The van der Waals surface area contributed by atoms with Crippen LogP contribution in [0.1, 0.15) is 37.8 Å². The van der Waals surface area contributed by atoms with Crippen LogP contribution in [0.15, 0.2) is 18.2 Å². The Labute approximate surface area is 160 Å². The molecule has 2 unspecified atom stereocenters. The summed E-state index contributed by atoms with van der Waals surface area (Å²) in [7, 11) is 0. The van der Waals surface area contributed by atoms with Crippen molar-refractivity contribution >= 4 is 17.8 Å². The lowest BCUT2D eigenvalue weighted by molar-refractivity contribution is -0.155. The summed E-state index contributed by atoms with van der Waals surface area (Å²) in [5.74, 6) is -0.522. The number of piperazine rings is 1. The second-order valence-corrected chi connectivity index (χ2v) is 6.86. The lowest BCUT2D eigenvalue weighted by Gasteiger charge is -2.34. The van der Waals surface area contributed by atoms with Crippen LogP contribution in [0.4, 0.5) is 0 Å². The van der Waals surface area contributed by atoms with Crippen molar-refractivity contribution in [1.82, 2.24) is 10.2 Å². The molecule has 1 fully saturated rings. The van der Waals surface area contributed by atoms with Crippen LogP contribution < -0.4 is 10.1 Å². The van der Waals surface area contributed by atoms with Gasteiger partial charge in [-0.15, -0.1) is 0 Å². The first-order valence-corrected chi connectivity index (χ1v) is 9.28. The van der Waals surface area contributed by atoms with Gasteiger partial charge in [0.1, 0.15) is 11.8 Å². The van der Waals surface area contributed by atoms with Crippen LogP contribution in [0.2, 0.25) is 0 Å². The van der Waals surface area contributed by atoms with E-state index in [4.69, 9.17) is 9.47 Å². The Hall–Kier alpha value is -2.57. The molecule has 1 N–H and O–H groups in total. The lowest BCUT2D eigenvalue weighted by Crippen LogP contribution is -2.58. The summed E-state index contributed by atoms with van der Waals surface area (Å²) in [5, 5.41) is 2.70. The van der Waals surface area contributed by atoms with Crippen molar-refractivity contribution in [1.29, 1.82) is 0 Å². The van der Waals surface area contributed by atoms with Crippen LogP contribution in [0.25, 0.3) is 0 Å². The smallest absolute Gasteiger partial charge is 0.308 e. The molecule has 0 aliphatic carbocycles. The van der Waals surface area contributed by atoms with Gasteiger partial charge in [-0.3, -0.25) is 14.4 Å². The number of rotatable bonds is 7. The quantitative estimate of drug-likeness (QED) is 0.733. The Morgan fingerprint density at radius 1 is 1.33 bits per heavy atom. The maximum atomic E-state index is 12.7. The van der Waals surface area contributed by atoms with Gasteiger partial charge in [-0.1, -0.05) is 19.1 Å². The SMILES string of the molecule is CCC(C)OC(=O)CC1C(=O)NCCN1C(=O)COc1cc(C)ccc1C. The number of hydrogen-bond acceptors (Lipinski definition) is 5. The molecule has 1 aliphatic heterocycles. The summed E-state index contributed by atoms with van der Waals surface area (Å²) in [6.45, 7) is 8.05. The number of nitrogens with one attached hydrogen (secondary N) is 1. The van der Waals surface area contributed by atoms with E-state index in [1.807, 2.05) is 39.0 Å². The molecular weight excluding hydrogens is 348 g/mol. The predicted octanol–water partition coefficient (Wildman–Crippen LogP) is 1.74. The largest absolute Gasteiger partial charge is 0.483 e. The Morgan fingerprint density at radius 3 is 2.78 bits per heavy atom. The van der Waals surface area contributed by atoms with Gasteiger partial charge in [-0.2, -0.15) is 0 Å². The lowest BCUT2D eigenvalue weighted by atomic mass is 10.1. The zero-order chi connectivity index (χ0) is 20.0. The van der Waals surface area contributed by atoms with Gasteiger partial charge in [0.05, 0.1) is 12.5 Å². The van der Waals surface area contributed by atoms with E-state index >= 15 is 0 Å². The van der Waals surface area contributed by atoms with Gasteiger partial charge < -0.3 is 19.7 Å². The number of carbonyl (C=O) groups excluding carboxylic acids is 3. The first-order chi connectivity index (χ1) is 12.8. The molecule has 27 heavy (non-hydrogen) atoms. The summed E-state index contributed by atoms with van der Waals surface area (Å²) >= 11 is 0. The minimum atomic E-state index is -0.870. The van der Waals surface area contributed by atoms with Gasteiger partial charge in [0.2, 0.25) is 5.91 Å². The van der Waals surface area contributed by atoms with Crippen molar-refractivity contribution in [2.75, 3.05) is 19.7 Å². The average Bonchev–Trinajstić information content (AvgIpc) is 2.63. The second kappa shape index (κ2) is 9.39. The fraction of sp³-hybridized carbons (Fsp3) is 0.550.